The summed E-state index contributed by atoms with van der Waals surface area (Å²) < 4.78 is 11.0. The van der Waals surface area contributed by atoms with E-state index in [0.29, 0.717) is 11.2 Å². The summed E-state index contributed by atoms with van der Waals surface area (Å²) >= 11 is 0. The maximum absolute atomic E-state index is 11.7. The lowest BCUT2D eigenvalue weighted by atomic mass is 10.1. The first-order valence-electron chi connectivity index (χ1n) is 6.99. The SMILES string of the molecule is Cc1cc(=O)oc2c1ccc1occ(Nc3ccccc3)c12. The number of anilines is 2. The van der Waals surface area contributed by atoms with Crippen molar-refractivity contribution < 1.29 is 8.83 Å². The fourth-order valence-corrected chi connectivity index (χ4v) is 2.67. The third-order valence-corrected chi connectivity index (χ3v) is 3.71. The summed E-state index contributed by atoms with van der Waals surface area (Å²) in [6, 6.07) is 15.1. The normalized spacial score (nSPS) is 11.1. The van der Waals surface area contributed by atoms with Crippen LogP contribution in [0.5, 0.6) is 0 Å². The highest BCUT2D eigenvalue weighted by atomic mass is 16.4. The molecule has 0 unspecified atom stereocenters. The average Bonchev–Trinajstić information content (AvgIpc) is 2.91. The predicted octanol–water partition coefficient (Wildman–Crippen LogP) is 4.59. The molecule has 0 aliphatic heterocycles. The first kappa shape index (κ1) is 12.7. The van der Waals surface area contributed by atoms with E-state index < -0.39 is 0 Å². The molecule has 0 saturated heterocycles. The fourth-order valence-electron chi connectivity index (χ4n) is 2.67. The Labute approximate surface area is 126 Å². The lowest BCUT2D eigenvalue weighted by molar-refractivity contribution is 0.562. The van der Waals surface area contributed by atoms with E-state index in [1.165, 1.54) is 6.07 Å². The number of aryl methyl sites for hydroxylation is 1. The molecule has 0 fully saturated rings. The van der Waals surface area contributed by atoms with Crippen LogP contribution in [0.25, 0.3) is 21.9 Å². The zero-order valence-corrected chi connectivity index (χ0v) is 11.9. The molecule has 4 heteroatoms. The summed E-state index contributed by atoms with van der Waals surface area (Å²) in [6.07, 6.45) is 1.64. The number of para-hydroxylation sites is 1. The van der Waals surface area contributed by atoms with Crippen molar-refractivity contribution in [1.29, 1.82) is 0 Å². The second-order valence-electron chi connectivity index (χ2n) is 5.20. The molecule has 0 aliphatic rings. The molecular formula is C18H13NO3. The van der Waals surface area contributed by atoms with Crippen molar-refractivity contribution in [2.24, 2.45) is 0 Å². The molecule has 22 heavy (non-hydrogen) atoms. The summed E-state index contributed by atoms with van der Waals surface area (Å²) in [5.74, 6) is 0. The Balaban J connectivity index is 2.00. The van der Waals surface area contributed by atoms with Crippen molar-refractivity contribution >= 4 is 33.3 Å². The molecule has 0 spiro atoms. The quantitative estimate of drug-likeness (QED) is 0.549. The third kappa shape index (κ3) is 1.97. The topological polar surface area (TPSA) is 55.4 Å². The minimum Gasteiger partial charge on any atom is -0.462 e. The van der Waals surface area contributed by atoms with Crippen LogP contribution in [0.2, 0.25) is 0 Å². The zero-order chi connectivity index (χ0) is 15.1. The van der Waals surface area contributed by atoms with E-state index in [1.807, 2.05) is 49.4 Å². The Bertz CT molecular complexity index is 1030. The van der Waals surface area contributed by atoms with Crippen LogP contribution >= 0.6 is 0 Å². The average molecular weight is 291 g/mol. The van der Waals surface area contributed by atoms with Crippen LogP contribution in [0.3, 0.4) is 0 Å². The maximum atomic E-state index is 11.7. The first-order valence-corrected chi connectivity index (χ1v) is 6.99. The molecule has 0 radical (unpaired) electrons. The molecule has 4 nitrogen and oxygen atoms in total. The molecular weight excluding hydrogens is 278 g/mol. The predicted molar refractivity (Wildman–Crippen MR) is 86.7 cm³/mol. The van der Waals surface area contributed by atoms with Crippen LogP contribution in [-0.4, -0.2) is 0 Å². The van der Waals surface area contributed by atoms with Gasteiger partial charge in [0.2, 0.25) is 0 Å². The standard InChI is InChI=1S/C18H13NO3/c1-11-9-16(20)22-18-13(11)7-8-15-17(18)14(10-21-15)19-12-5-3-2-4-6-12/h2-10,19H,1H3. The van der Waals surface area contributed by atoms with Gasteiger partial charge in [-0.05, 0) is 36.8 Å². The summed E-state index contributed by atoms with van der Waals surface area (Å²) in [6.45, 7) is 1.90. The highest BCUT2D eigenvalue weighted by molar-refractivity contribution is 6.10. The van der Waals surface area contributed by atoms with Gasteiger partial charge in [0.05, 0.1) is 11.1 Å². The molecule has 2 heterocycles. The van der Waals surface area contributed by atoms with Gasteiger partial charge in [-0.1, -0.05) is 18.2 Å². The number of fused-ring (bicyclic) bond motifs is 3. The van der Waals surface area contributed by atoms with Gasteiger partial charge in [0.1, 0.15) is 11.8 Å². The van der Waals surface area contributed by atoms with Gasteiger partial charge in [-0.15, -0.1) is 0 Å². The molecule has 1 N–H and O–H groups in total. The van der Waals surface area contributed by atoms with Crippen molar-refractivity contribution in [3.63, 3.8) is 0 Å². The second kappa shape index (κ2) is 4.77. The van der Waals surface area contributed by atoms with E-state index in [1.54, 1.807) is 6.26 Å². The first-order chi connectivity index (χ1) is 10.7. The third-order valence-electron chi connectivity index (χ3n) is 3.71. The molecule has 2 aromatic carbocycles. The molecule has 0 amide bonds. The van der Waals surface area contributed by atoms with Crippen molar-refractivity contribution in [1.82, 2.24) is 0 Å². The van der Waals surface area contributed by atoms with Gasteiger partial charge in [0, 0.05) is 17.1 Å². The number of nitrogens with one attached hydrogen (secondary N) is 1. The van der Waals surface area contributed by atoms with E-state index in [-0.39, 0.29) is 5.63 Å². The molecule has 2 aromatic heterocycles. The van der Waals surface area contributed by atoms with Crippen molar-refractivity contribution in [3.8, 4) is 0 Å². The second-order valence-corrected chi connectivity index (χ2v) is 5.20. The highest BCUT2D eigenvalue weighted by Gasteiger charge is 2.14. The Morgan fingerprint density at radius 1 is 1.05 bits per heavy atom. The van der Waals surface area contributed by atoms with Crippen LogP contribution in [0.4, 0.5) is 11.4 Å². The molecule has 0 aliphatic carbocycles. The van der Waals surface area contributed by atoms with E-state index in [0.717, 1.165) is 27.7 Å². The smallest absolute Gasteiger partial charge is 0.336 e. The Morgan fingerprint density at radius 3 is 2.68 bits per heavy atom. The summed E-state index contributed by atoms with van der Waals surface area (Å²) in [4.78, 5) is 11.7. The van der Waals surface area contributed by atoms with Gasteiger partial charge in [-0.2, -0.15) is 0 Å². The Kier molecular flexibility index (Phi) is 2.76. The van der Waals surface area contributed by atoms with Crippen LogP contribution < -0.4 is 10.9 Å². The number of rotatable bonds is 2. The summed E-state index contributed by atoms with van der Waals surface area (Å²) in [5.41, 5.74) is 3.48. The van der Waals surface area contributed by atoms with Gasteiger partial charge in [-0.3, -0.25) is 0 Å². The van der Waals surface area contributed by atoms with Gasteiger partial charge >= 0.3 is 5.63 Å². The largest absolute Gasteiger partial charge is 0.462 e. The van der Waals surface area contributed by atoms with E-state index in [9.17, 15) is 4.79 Å². The highest BCUT2D eigenvalue weighted by Crippen LogP contribution is 2.35. The molecule has 0 bridgehead atoms. The summed E-state index contributed by atoms with van der Waals surface area (Å²) in [7, 11) is 0. The molecule has 0 saturated carbocycles. The summed E-state index contributed by atoms with van der Waals surface area (Å²) in [5, 5.41) is 4.99. The lowest BCUT2D eigenvalue weighted by Gasteiger charge is -2.05. The molecule has 4 aromatic rings. The molecule has 108 valence electrons. The number of hydrogen-bond acceptors (Lipinski definition) is 4. The van der Waals surface area contributed by atoms with Gasteiger partial charge in [-0.25, -0.2) is 4.79 Å². The number of furan rings is 1. The molecule has 4 rings (SSSR count). The van der Waals surface area contributed by atoms with E-state index in [2.05, 4.69) is 5.32 Å². The number of benzene rings is 2. The minimum absolute atomic E-state index is 0.357. The van der Waals surface area contributed by atoms with Crippen molar-refractivity contribution in [2.75, 3.05) is 5.32 Å². The van der Waals surface area contributed by atoms with Crippen LogP contribution in [0, 0.1) is 6.92 Å². The van der Waals surface area contributed by atoms with Crippen LogP contribution in [0.1, 0.15) is 5.56 Å². The minimum atomic E-state index is -0.357. The van der Waals surface area contributed by atoms with E-state index in [4.69, 9.17) is 8.83 Å². The Hall–Kier alpha value is -3.01. The Morgan fingerprint density at radius 2 is 1.86 bits per heavy atom. The monoisotopic (exact) mass is 291 g/mol. The van der Waals surface area contributed by atoms with Crippen molar-refractivity contribution in [3.05, 3.63) is 70.8 Å². The maximum Gasteiger partial charge on any atom is 0.336 e. The molecule has 0 atom stereocenters. The number of hydrogen-bond donors (Lipinski definition) is 1. The zero-order valence-electron chi connectivity index (χ0n) is 11.9. The van der Waals surface area contributed by atoms with E-state index >= 15 is 0 Å². The fraction of sp³-hybridized carbons (Fsp3) is 0.0556. The van der Waals surface area contributed by atoms with Crippen LogP contribution in [0.15, 0.2) is 68.4 Å². The van der Waals surface area contributed by atoms with Crippen LogP contribution in [-0.2, 0) is 0 Å². The van der Waals surface area contributed by atoms with Gasteiger partial charge < -0.3 is 14.2 Å². The van der Waals surface area contributed by atoms with Gasteiger partial charge in [0.25, 0.3) is 0 Å². The lowest BCUT2D eigenvalue weighted by Crippen LogP contribution is -1.98. The van der Waals surface area contributed by atoms with Gasteiger partial charge in [0.15, 0.2) is 5.58 Å². The van der Waals surface area contributed by atoms with Crippen molar-refractivity contribution in [2.45, 2.75) is 6.92 Å².